The molecule has 7 heteroatoms. The fraction of sp³-hybridized carbons (Fsp3) is 0.360. The van der Waals surface area contributed by atoms with Gasteiger partial charge in [-0.2, -0.15) is 0 Å². The summed E-state index contributed by atoms with van der Waals surface area (Å²) in [6, 6.07) is 9.38. The number of hydrogen-bond acceptors (Lipinski definition) is 6. The molecule has 2 aliphatic carbocycles. The van der Waals surface area contributed by atoms with Gasteiger partial charge in [-0.05, 0) is 43.0 Å². The van der Waals surface area contributed by atoms with E-state index in [1.165, 1.54) is 0 Å². The van der Waals surface area contributed by atoms with Crippen molar-refractivity contribution < 1.29 is 24.5 Å². The van der Waals surface area contributed by atoms with Crippen molar-refractivity contribution in [1.29, 1.82) is 0 Å². The van der Waals surface area contributed by atoms with E-state index in [9.17, 15) is 15.0 Å². The number of carboxylic acids is 1. The third kappa shape index (κ3) is 4.69. The van der Waals surface area contributed by atoms with Crippen molar-refractivity contribution in [2.75, 3.05) is 7.11 Å². The third-order valence-electron chi connectivity index (χ3n) is 6.12. The second-order valence-electron chi connectivity index (χ2n) is 8.24. The quantitative estimate of drug-likeness (QED) is 0.583. The number of aliphatic hydroxyl groups excluding tert-OH is 1. The maximum absolute atomic E-state index is 11.8. The SMILES string of the molecule is COc1ccc(C2(NCc3cccnc3)C=CC=C(C(=O)O)C2)c(OC2CCCC2O)c1. The Hall–Kier alpha value is -3.16. The lowest BCUT2D eigenvalue weighted by molar-refractivity contribution is -0.133. The summed E-state index contributed by atoms with van der Waals surface area (Å²) >= 11 is 0. The molecule has 0 amide bonds. The number of hydrogen-bond donors (Lipinski definition) is 3. The molecule has 0 bridgehead atoms. The van der Waals surface area contributed by atoms with E-state index in [0.29, 0.717) is 30.0 Å². The molecule has 2 aliphatic rings. The number of aromatic nitrogens is 1. The van der Waals surface area contributed by atoms with E-state index < -0.39 is 17.6 Å². The molecule has 0 saturated heterocycles. The zero-order valence-corrected chi connectivity index (χ0v) is 18.0. The molecule has 32 heavy (non-hydrogen) atoms. The van der Waals surface area contributed by atoms with Crippen LogP contribution in [0.5, 0.6) is 11.5 Å². The van der Waals surface area contributed by atoms with Crippen LogP contribution in [-0.2, 0) is 16.9 Å². The van der Waals surface area contributed by atoms with Gasteiger partial charge in [0.15, 0.2) is 0 Å². The van der Waals surface area contributed by atoms with Crippen molar-refractivity contribution in [3.05, 3.63) is 77.7 Å². The number of nitrogens with one attached hydrogen (secondary N) is 1. The Bertz CT molecular complexity index is 1020. The Morgan fingerprint density at radius 1 is 1.31 bits per heavy atom. The number of nitrogens with zero attached hydrogens (tertiary/aromatic N) is 1. The van der Waals surface area contributed by atoms with Crippen LogP contribution in [0.3, 0.4) is 0 Å². The van der Waals surface area contributed by atoms with Crippen LogP contribution < -0.4 is 14.8 Å². The lowest BCUT2D eigenvalue weighted by Gasteiger charge is -2.36. The zero-order valence-electron chi connectivity index (χ0n) is 18.0. The molecule has 0 spiro atoms. The first-order chi connectivity index (χ1) is 15.5. The number of rotatable bonds is 8. The van der Waals surface area contributed by atoms with Gasteiger partial charge in [-0.3, -0.25) is 10.3 Å². The molecular weight excluding hydrogens is 408 g/mol. The second-order valence-corrected chi connectivity index (χ2v) is 8.24. The van der Waals surface area contributed by atoms with Crippen molar-refractivity contribution in [1.82, 2.24) is 10.3 Å². The lowest BCUT2D eigenvalue weighted by atomic mass is 9.79. The normalized spacial score (nSPS) is 24.8. The number of allylic oxidation sites excluding steroid dienone is 2. The van der Waals surface area contributed by atoms with E-state index in [4.69, 9.17) is 9.47 Å². The fourth-order valence-electron chi connectivity index (χ4n) is 4.36. The van der Waals surface area contributed by atoms with E-state index >= 15 is 0 Å². The van der Waals surface area contributed by atoms with E-state index in [-0.39, 0.29) is 12.5 Å². The monoisotopic (exact) mass is 436 g/mol. The number of carbonyl (C=O) groups is 1. The van der Waals surface area contributed by atoms with E-state index in [2.05, 4.69) is 10.3 Å². The highest BCUT2D eigenvalue weighted by Gasteiger charge is 2.37. The first-order valence-corrected chi connectivity index (χ1v) is 10.8. The average molecular weight is 437 g/mol. The van der Waals surface area contributed by atoms with Gasteiger partial charge in [0.25, 0.3) is 0 Å². The number of carboxylic acid groups (broad SMARTS) is 1. The molecule has 168 valence electrons. The van der Waals surface area contributed by atoms with Crippen molar-refractivity contribution in [2.24, 2.45) is 0 Å². The van der Waals surface area contributed by atoms with Gasteiger partial charge in [-0.15, -0.1) is 0 Å². The van der Waals surface area contributed by atoms with Gasteiger partial charge < -0.3 is 19.7 Å². The van der Waals surface area contributed by atoms with Crippen LogP contribution in [0.25, 0.3) is 0 Å². The Kier molecular flexibility index (Phi) is 6.58. The van der Waals surface area contributed by atoms with Gasteiger partial charge in [-0.1, -0.05) is 24.3 Å². The molecule has 1 saturated carbocycles. The van der Waals surface area contributed by atoms with Gasteiger partial charge in [0.05, 0.1) is 18.8 Å². The molecule has 1 heterocycles. The molecule has 0 radical (unpaired) electrons. The number of aliphatic hydroxyl groups is 1. The molecule has 3 unspecified atom stereocenters. The molecule has 2 aromatic rings. The van der Waals surface area contributed by atoms with Crippen molar-refractivity contribution >= 4 is 5.97 Å². The van der Waals surface area contributed by atoms with Crippen LogP contribution in [-0.4, -0.2) is 40.5 Å². The maximum atomic E-state index is 11.8. The molecule has 0 aliphatic heterocycles. The van der Waals surface area contributed by atoms with E-state index in [1.807, 2.05) is 30.3 Å². The van der Waals surface area contributed by atoms with Crippen molar-refractivity contribution in [3.63, 3.8) is 0 Å². The predicted molar refractivity (Wildman–Crippen MR) is 119 cm³/mol. The first kappa shape index (κ1) is 22.0. The van der Waals surface area contributed by atoms with Crippen molar-refractivity contribution in [2.45, 2.75) is 50.0 Å². The average Bonchev–Trinajstić information content (AvgIpc) is 3.22. The van der Waals surface area contributed by atoms with Crippen molar-refractivity contribution in [3.8, 4) is 11.5 Å². The summed E-state index contributed by atoms with van der Waals surface area (Å²) in [6.45, 7) is 0.489. The highest BCUT2D eigenvalue weighted by Crippen LogP contribution is 2.41. The van der Waals surface area contributed by atoms with Gasteiger partial charge in [0.1, 0.15) is 17.6 Å². The molecule has 7 nitrogen and oxygen atoms in total. The van der Waals surface area contributed by atoms with Crippen LogP contribution in [0.4, 0.5) is 0 Å². The summed E-state index contributed by atoms with van der Waals surface area (Å²) < 4.78 is 11.7. The van der Waals surface area contributed by atoms with Gasteiger partial charge in [0, 0.05) is 42.6 Å². The minimum Gasteiger partial charge on any atom is -0.497 e. The lowest BCUT2D eigenvalue weighted by Crippen LogP contribution is -2.43. The summed E-state index contributed by atoms with van der Waals surface area (Å²) in [4.78, 5) is 16.0. The van der Waals surface area contributed by atoms with Crippen LogP contribution in [0.2, 0.25) is 0 Å². The fourth-order valence-corrected chi connectivity index (χ4v) is 4.36. The first-order valence-electron chi connectivity index (χ1n) is 10.8. The number of aliphatic carboxylic acids is 1. The second kappa shape index (κ2) is 9.54. The van der Waals surface area contributed by atoms with Crippen LogP contribution in [0.15, 0.2) is 66.5 Å². The van der Waals surface area contributed by atoms with Crippen LogP contribution in [0.1, 0.15) is 36.8 Å². The maximum Gasteiger partial charge on any atom is 0.331 e. The largest absolute Gasteiger partial charge is 0.497 e. The summed E-state index contributed by atoms with van der Waals surface area (Å²) in [5, 5.41) is 23.6. The van der Waals surface area contributed by atoms with E-state index in [1.54, 1.807) is 37.7 Å². The standard InChI is InChI=1S/C25H28N2O5/c1-31-19-9-10-20(23(13-19)32-22-8-2-7-21(22)28)25(11-3-6-18(14-25)24(29)30)27-16-17-5-4-12-26-15-17/h3-6,9-13,15,21-22,27-28H,2,7-8,14,16H2,1H3,(H,29,30). The number of benzene rings is 1. The number of ether oxygens (including phenoxy) is 2. The number of methoxy groups -OCH3 is 1. The van der Waals surface area contributed by atoms with Gasteiger partial charge in [0.2, 0.25) is 0 Å². The Balaban J connectivity index is 1.74. The minimum atomic E-state index is -0.955. The minimum absolute atomic E-state index is 0.245. The van der Waals surface area contributed by atoms with Gasteiger partial charge in [-0.25, -0.2) is 4.79 Å². The summed E-state index contributed by atoms with van der Waals surface area (Å²) in [6.07, 6.45) is 10.6. The molecule has 1 aromatic heterocycles. The van der Waals surface area contributed by atoms with Crippen LogP contribution >= 0.6 is 0 Å². The predicted octanol–water partition coefficient (Wildman–Crippen LogP) is 3.34. The van der Waals surface area contributed by atoms with Gasteiger partial charge >= 0.3 is 5.97 Å². The summed E-state index contributed by atoms with van der Waals surface area (Å²) in [5.41, 5.74) is 1.26. The molecule has 4 rings (SSSR count). The summed E-state index contributed by atoms with van der Waals surface area (Å²) in [5.74, 6) is 0.252. The highest BCUT2D eigenvalue weighted by atomic mass is 16.5. The Morgan fingerprint density at radius 2 is 2.19 bits per heavy atom. The Labute approximate surface area is 187 Å². The zero-order chi connectivity index (χ0) is 22.6. The number of pyridine rings is 1. The molecule has 3 atom stereocenters. The topological polar surface area (TPSA) is 101 Å². The Morgan fingerprint density at radius 3 is 2.88 bits per heavy atom. The molecule has 1 fully saturated rings. The molecule has 1 aromatic carbocycles. The summed E-state index contributed by atoms with van der Waals surface area (Å²) in [7, 11) is 1.59. The smallest absolute Gasteiger partial charge is 0.331 e. The molecular formula is C25H28N2O5. The van der Waals surface area contributed by atoms with Crippen LogP contribution in [0, 0.1) is 0 Å². The highest BCUT2D eigenvalue weighted by molar-refractivity contribution is 5.87. The molecule has 3 N–H and O–H groups in total. The van der Waals surface area contributed by atoms with E-state index in [0.717, 1.165) is 24.0 Å². The third-order valence-corrected chi connectivity index (χ3v) is 6.12.